The van der Waals surface area contributed by atoms with Crippen LogP contribution < -0.4 is 0 Å². The maximum absolute atomic E-state index is 10.8. The zero-order chi connectivity index (χ0) is 15.9. The summed E-state index contributed by atoms with van der Waals surface area (Å²) in [5.74, 6) is 0.573. The first-order valence-electron chi connectivity index (χ1n) is 6.90. The van der Waals surface area contributed by atoms with Crippen molar-refractivity contribution in [3.63, 3.8) is 0 Å². The zero-order valence-electron chi connectivity index (χ0n) is 12.2. The molecule has 0 aromatic heterocycles. The van der Waals surface area contributed by atoms with Crippen molar-refractivity contribution in [2.24, 2.45) is 5.41 Å². The number of carboxylic acid groups (broad SMARTS) is 2. The Bertz CT molecular complexity index is 495. The molecule has 1 heterocycles. The number of hydrogen-bond acceptors (Lipinski definition) is 3. The lowest BCUT2D eigenvalue weighted by Crippen LogP contribution is -2.28. The first-order valence-corrected chi connectivity index (χ1v) is 6.90. The van der Waals surface area contributed by atoms with Gasteiger partial charge in [0, 0.05) is 5.57 Å². The van der Waals surface area contributed by atoms with Gasteiger partial charge in [-0.05, 0) is 39.3 Å². The Balaban J connectivity index is 0.000000235. The first-order chi connectivity index (χ1) is 9.89. The number of allylic oxidation sites excluding steroid dienone is 2. The van der Waals surface area contributed by atoms with Crippen molar-refractivity contribution in [1.29, 1.82) is 0 Å². The number of nitrogens with zero attached hydrogens (tertiary/aromatic N) is 1. The third-order valence-electron chi connectivity index (χ3n) is 3.60. The molecule has 5 nitrogen and oxygen atoms in total. The molecule has 1 aliphatic heterocycles. The van der Waals surface area contributed by atoms with Crippen molar-refractivity contribution in [2.75, 3.05) is 19.6 Å². The summed E-state index contributed by atoms with van der Waals surface area (Å²) in [5, 5.41) is 17.5. The van der Waals surface area contributed by atoms with Gasteiger partial charge in [0.15, 0.2) is 0 Å². The van der Waals surface area contributed by atoms with Crippen molar-refractivity contribution >= 4 is 11.9 Å². The minimum atomic E-state index is -1.08. The summed E-state index contributed by atoms with van der Waals surface area (Å²) >= 11 is 0. The molecule has 0 amide bonds. The number of likely N-dealkylation sites (tertiary alicyclic amines) is 1. The van der Waals surface area contributed by atoms with Gasteiger partial charge in [-0.1, -0.05) is 24.1 Å². The Hall–Kier alpha value is -2.06. The van der Waals surface area contributed by atoms with E-state index >= 15 is 0 Å². The molecule has 0 saturated carbocycles. The van der Waals surface area contributed by atoms with Crippen LogP contribution in [0, 0.1) is 17.8 Å². The van der Waals surface area contributed by atoms with E-state index in [0.29, 0.717) is 0 Å². The van der Waals surface area contributed by atoms with Crippen molar-refractivity contribution in [1.82, 2.24) is 4.90 Å². The van der Waals surface area contributed by atoms with E-state index < -0.39 is 17.4 Å². The Labute approximate surface area is 124 Å². The summed E-state index contributed by atoms with van der Waals surface area (Å²) in [5.41, 5.74) is -0.949. The normalized spacial score (nSPS) is 24.5. The Morgan fingerprint density at radius 2 is 2.00 bits per heavy atom. The second-order valence-corrected chi connectivity index (χ2v) is 5.44. The van der Waals surface area contributed by atoms with E-state index in [1.54, 1.807) is 0 Å². The largest absolute Gasteiger partial charge is 0.481 e. The molecule has 0 radical (unpaired) electrons. The fourth-order valence-corrected chi connectivity index (χ4v) is 2.25. The maximum atomic E-state index is 10.8. The molecule has 21 heavy (non-hydrogen) atoms. The van der Waals surface area contributed by atoms with Gasteiger partial charge in [-0.25, -0.2) is 4.79 Å². The van der Waals surface area contributed by atoms with Gasteiger partial charge in [-0.15, -0.1) is 6.42 Å². The first kappa shape index (κ1) is 17.0. The molecule has 0 spiro atoms. The number of carbonyl (C=O) groups is 2. The molecule has 2 rings (SSSR count). The predicted octanol–water partition coefficient (Wildman–Crippen LogP) is 1.76. The summed E-state index contributed by atoms with van der Waals surface area (Å²) < 4.78 is 0. The highest BCUT2D eigenvalue weighted by Crippen LogP contribution is 2.31. The molecule has 1 unspecified atom stereocenters. The second kappa shape index (κ2) is 7.65. The van der Waals surface area contributed by atoms with Gasteiger partial charge >= 0.3 is 11.9 Å². The Morgan fingerprint density at radius 1 is 1.38 bits per heavy atom. The molecule has 0 aromatic carbocycles. The van der Waals surface area contributed by atoms with Gasteiger partial charge in [-0.3, -0.25) is 9.69 Å². The minimum absolute atomic E-state index is 0.0359. The minimum Gasteiger partial charge on any atom is -0.481 e. The number of aliphatic carboxylic acids is 2. The van der Waals surface area contributed by atoms with Crippen molar-refractivity contribution in [3.8, 4) is 12.3 Å². The van der Waals surface area contributed by atoms with Gasteiger partial charge in [0.25, 0.3) is 0 Å². The maximum Gasteiger partial charge on any atom is 0.331 e. The third kappa shape index (κ3) is 5.09. The standard InChI is InChI=1S/C9H10O4.C7H11N/c1-9(8(12)13)4-2-3-6(5-9)7(10)11;1-2-5-8-6-3-4-7-8/h2-4H,5H2,1H3,(H,10,11)(H,12,13);1H,3-7H2. The Morgan fingerprint density at radius 3 is 2.48 bits per heavy atom. The van der Waals surface area contributed by atoms with Crippen LogP contribution in [0.25, 0.3) is 0 Å². The number of hydrogen-bond donors (Lipinski definition) is 2. The van der Waals surface area contributed by atoms with E-state index in [-0.39, 0.29) is 12.0 Å². The van der Waals surface area contributed by atoms with E-state index in [4.69, 9.17) is 16.6 Å². The lowest BCUT2D eigenvalue weighted by molar-refractivity contribution is -0.145. The molecule has 0 bridgehead atoms. The zero-order valence-corrected chi connectivity index (χ0v) is 12.2. The molecule has 2 aliphatic rings. The van der Waals surface area contributed by atoms with E-state index in [0.717, 1.165) is 6.54 Å². The molecule has 114 valence electrons. The van der Waals surface area contributed by atoms with E-state index in [2.05, 4.69) is 10.8 Å². The topological polar surface area (TPSA) is 77.8 Å². The fourth-order valence-electron chi connectivity index (χ4n) is 2.25. The Kier molecular flexibility index (Phi) is 6.19. The van der Waals surface area contributed by atoms with Crippen molar-refractivity contribution < 1.29 is 19.8 Å². The SMILES string of the molecule is C#CCN1CCCC1.CC1(C(=O)O)C=CC=C(C(=O)O)C1. The number of rotatable bonds is 3. The summed E-state index contributed by atoms with van der Waals surface area (Å²) in [4.78, 5) is 23.6. The van der Waals surface area contributed by atoms with Crippen LogP contribution in [0.1, 0.15) is 26.2 Å². The highest BCUT2D eigenvalue weighted by Gasteiger charge is 2.34. The molecule has 5 heteroatoms. The van der Waals surface area contributed by atoms with Crippen LogP contribution in [0.3, 0.4) is 0 Å². The molecule has 1 fully saturated rings. The summed E-state index contributed by atoms with van der Waals surface area (Å²) in [6, 6.07) is 0. The van der Waals surface area contributed by atoms with Gasteiger partial charge in [0.2, 0.25) is 0 Å². The highest BCUT2D eigenvalue weighted by atomic mass is 16.4. The van der Waals surface area contributed by atoms with Crippen LogP contribution >= 0.6 is 0 Å². The molecule has 1 saturated heterocycles. The van der Waals surface area contributed by atoms with Gasteiger partial charge < -0.3 is 10.2 Å². The van der Waals surface area contributed by atoms with Crippen LogP contribution in [0.4, 0.5) is 0 Å². The van der Waals surface area contributed by atoms with Gasteiger partial charge in [0.1, 0.15) is 0 Å². The van der Waals surface area contributed by atoms with Gasteiger partial charge in [-0.2, -0.15) is 0 Å². The van der Waals surface area contributed by atoms with Crippen LogP contribution in [-0.4, -0.2) is 46.7 Å². The average Bonchev–Trinajstić information content (AvgIpc) is 2.93. The van der Waals surface area contributed by atoms with Crippen LogP contribution in [-0.2, 0) is 9.59 Å². The predicted molar refractivity (Wildman–Crippen MR) is 79.7 cm³/mol. The number of terminal acetylenes is 1. The molecule has 2 N–H and O–H groups in total. The van der Waals surface area contributed by atoms with Crippen LogP contribution in [0.15, 0.2) is 23.8 Å². The molecular formula is C16H21NO4. The monoisotopic (exact) mass is 291 g/mol. The molecule has 1 atom stereocenters. The van der Waals surface area contributed by atoms with E-state index in [9.17, 15) is 9.59 Å². The van der Waals surface area contributed by atoms with Gasteiger partial charge in [0.05, 0.1) is 12.0 Å². The van der Waals surface area contributed by atoms with Crippen molar-refractivity contribution in [3.05, 3.63) is 23.8 Å². The number of carboxylic acids is 2. The van der Waals surface area contributed by atoms with E-state index in [1.165, 1.54) is 51.1 Å². The van der Waals surface area contributed by atoms with E-state index in [1.807, 2.05) is 0 Å². The van der Waals surface area contributed by atoms with Crippen LogP contribution in [0.5, 0.6) is 0 Å². The quantitative estimate of drug-likeness (QED) is 0.775. The summed E-state index contributed by atoms with van der Waals surface area (Å²) in [7, 11) is 0. The average molecular weight is 291 g/mol. The van der Waals surface area contributed by atoms with Crippen LogP contribution in [0.2, 0.25) is 0 Å². The lowest BCUT2D eigenvalue weighted by atomic mass is 9.80. The molecule has 0 aromatic rings. The third-order valence-corrected chi connectivity index (χ3v) is 3.60. The summed E-state index contributed by atoms with van der Waals surface area (Å²) in [6.07, 6.45) is 12.2. The summed E-state index contributed by atoms with van der Waals surface area (Å²) in [6.45, 7) is 4.77. The highest BCUT2D eigenvalue weighted by molar-refractivity contribution is 5.90. The smallest absolute Gasteiger partial charge is 0.331 e. The lowest BCUT2D eigenvalue weighted by Gasteiger charge is -2.23. The molecular weight excluding hydrogens is 270 g/mol. The van der Waals surface area contributed by atoms with Crippen molar-refractivity contribution in [2.45, 2.75) is 26.2 Å². The second-order valence-electron chi connectivity index (χ2n) is 5.44. The fraction of sp³-hybridized carbons (Fsp3) is 0.500. The molecule has 1 aliphatic carbocycles.